The fourth-order valence-electron chi connectivity index (χ4n) is 6.60. The Labute approximate surface area is 326 Å². The number of benzene rings is 4. The van der Waals surface area contributed by atoms with E-state index in [0.29, 0.717) is 10.8 Å². The van der Waals surface area contributed by atoms with E-state index in [0.717, 1.165) is 136 Å². The predicted molar refractivity (Wildman–Crippen MR) is 202 cm³/mol. The van der Waals surface area contributed by atoms with Crippen LogP contribution < -0.4 is 0 Å². The van der Waals surface area contributed by atoms with E-state index >= 15 is 0 Å². The minimum absolute atomic E-state index is 0. The van der Waals surface area contributed by atoms with Gasteiger partial charge in [0.15, 0.2) is 0 Å². The van der Waals surface area contributed by atoms with Gasteiger partial charge in [-0.1, -0.05) is 128 Å². The van der Waals surface area contributed by atoms with Crippen molar-refractivity contribution in [2.45, 2.75) is 140 Å². The quantitative estimate of drug-likeness (QED) is 0.0571. The van der Waals surface area contributed by atoms with Gasteiger partial charge in [-0.05, 0) is 107 Å². The predicted octanol–water partition coefficient (Wildman–Crippen LogP) is 10.0. The van der Waals surface area contributed by atoms with Crippen molar-refractivity contribution >= 4 is 79.5 Å². The molecule has 0 spiro atoms. The van der Waals surface area contributed by atoms with Crippen LogP contribution in [0.1, 0.15) is 127 Å². The second-order valence-electron chi connectivity index (χ2n) is 12.9. The van der Waals surface area contributed by atoms with E-state index in [1.165, 1.54) is 12.1 Å². The molecule has 0 radical (unpaired) electrons. The van der Waals surface area contributed by atoms with Crippen LogP contribution in [0.2, 0.25) is 0 Å². The number of hydrogen-bond acceptors (Lipinski definition) is 6. The van der Waals surface area contributed by atoms with Gasteiger partial charge in [0.2, 0.25) is 0 Å². The molecule has 0 aliphatic heterocycles. The van der Waals surface area contributed by atoms with Crippen molar-refractivity contribution in [1.82, 2.24) is 0 Å². The van der Waals surface area contributed by atoms with Crippen molar-refractivity contribution < 1.29 is 25.9 Å². The minimum atomic E-state index is -4.46. The molecule has 49 heavy (non-hydrogen) atoms. The molecule has 0 atom stereocenters. The van der Waals surface area contributed by atoms with Crippen molar-refractivity contribution in [3.63, 3.8) is 0 Å². The third-order valence-corrected chi connectivity index (χ3v) is 10.9. The summed E-state index contributed by atoms with van der Waals surface area (Å²) < 4.78 is 69.8. The smallest absolute Gasteiger partial charge is 0.744 e. The van der Waals surface area contributed by atoms with E-state index in [4.69, 9.17) is 0 Å². The van der Waals surface area contributed by atoms with Crippen LogP contribution in [0.15, 0.2) is 70.5 Å². The first kappa shape index (κ1) is 43.6. The average molecular weight is 735 g/mol. The van der Waals surface area contributed by atoms with Crippen LogP contribution in [0, 0.1) is 0 Å². The molecule has 4 aromatic rings. The first-order valence-corrected chi connectivity index (χ1v) is 20.8. The van der Waals surface area contributed by atoms with Crippen LogP contribution in [0.3, 0.4) is 0 Å². The molecule has 0 amide bonds. The first-order valence-electron chi connectivity index (χ1n) is 18.0. The number of fused-ring (bicyclic) bond motifs is 2. The molecule has 0 saturated carbocycles. The van der Waals surface area contributed by atoms with Gasteiger partial charge in [0, 0.05) is 0 Å². The monoisotopic (exact) mass is 734 g/mol. The molecule has 0 fully saturated rings. The molecule has 0 aromatic heterocycles. The molecule has 6 nitrogen and oxygen atoms in total. The summed E-state index contributed by atoms with van der Waals surface area (Å²) >= 11 is 0. The second kappa shape index (κ2) is 21.8. The fourth-order valence-corrected chi connectivity index (χ4v) is 7.95. The minimum Gasteiger partial charge on any atom is -0.744 e. The van der Waals surface area contributed by atoms with Crippen molar-refractivity contribution in [3.05, 3.63) is 82.9 Å². The SMILES string of the molecule is CCCCCc1cccc2c(S(=O)(=O)[O-])ccc(CCCCC)c12.CCCCCc1cccc2c(S(=O)(=O)[O-])ccc(CCCCC)c12.[Ca+2]. The topological polar surface area (TPSA) is 114 Å². The Balaban J connectivity index is 0.000000333. The first-order chi connectivity index (χ1) is 23.0. The van der Waals surface area contributed by atoms with Gasteiger partial charge in [-0.2, -0.15) is 0 Å². The molecule has 0 aliphatic rings. The fraction of sp³-hybridized carbons (Fsp3) is 0.500. The standard InChI is InChI=1S/2C20H28O3S.Ca/c2*1-3-5-7-10-16-12-9-13-18-19(24(21,22)23)15-14-17(20(16)18)11-8-6-4-2;/h2*9,12-15H,3-8,10-11H2,1-2H3,(H,21,22,23);/q;;+2/p-2. The molecule has 9 heteroatoms. The summed E-state index contributed by atoms with van der Waals surface area (Å²) in [6.45, 7) is 8.67. The molecule has 0 unspecified atom stereocenters. The Morgan fingerprint density at radius 1 is 0.429 bits per heavy atom. The maximum atomic E-state index is 11.6. The second-order valence-corrected chi connectivity index (χ2v) is 15.6. The summed E-state index contributed by atoms with van der Waals surface area (Å²) in [5.74, 6) is 0. The summed E-state index contributed by atoms with van der Waals surface area (Å²) in [5, 5.41) is 3.16. The van der Waals surface area contributed by atoms with E-state index in [1.54, 1.807) is 12.1 Å². The van der Waals surface area contributed by atoms with Crippen molar-refractivity contribution in [2.75, 3.05) is 0 Å². The van der Waals surface area contributed by atoms with Gasteiger partial charge >= 0.3 is 37.7 Å². The molecule has 0 saturated heterocycles. The van der Waals surface area contributed by atoms with Crippen LogP contribution in [0.4, 0.5) is 0 Å². The summed E-state index contributed by atoms with van der Waals surface area (Å²) in [7, 11) is -8.93. The van der Waals surface area contributed by atoms with Gasteiger partial charge in [0.25, 0.3) is 0 Å². The van der Waals surface area contributed by atoms with Gasteiger partial charge in [0.05, 0.1) is 9.79 Å². The maximum absolute atomic E-state index is 11.6. The van der Waals surface area contributed by atoms with Gasteiger partial charge in [-0.15, -0.1) is 0 Å². The van der Waals surface area contributed by atoms with Crippen LogP contribution in [0.5, 0.6) is 0 Å². The van der Waals surface area contributed by atoms with Gasteiger partial charge < -0.3 is 9.11 Å². The molecular formula is C40H54CaO6S2. The van der Waals surface area contributed by atoms with Crippen LogP contribution in [0.25, 0.3) is 21.5 Å². The average Bonchev–Trinajstić information content (AvgIpc) is 3.04. The van der Waals surface area contributed by atoms with E-state index in [9.17, 15) is 25.9 Å². The summed E-state index contributed by atoms with van der Waals surface area (Å²) in [6, 6.07) is 18.1. The van der Waals surface area contributed by atoms with E-state index < -0.39 is 20.2 Å². The van der Waals surface area contributed by atoms with Crippen molar-refractivity contribution in [1.29, 1.82) is 0 Å². The number of hydrogen-bond donors (Lipinski definition) is 0. The Bertz CT molecular complexity index is 1670. The third-order valence-electron chi connectivity index (χ3n) is 9.08. The van der Waals surface area contributed by atoms with Crippen LogP contribution >= 0.6 is 0 Å². The van der Waals surface area contributed by atoms with E-state index in [2.05, 4.69) is 39.8 Å². The summed E-state index contributed by atoms with van der Waals surface area (Å²) in [4.78, 5) is -0.178. The maximum Gasteiger partial charge on any atom is 2.00 e. The molecule has 0 heterocycles. The largest absolute Gasteiger partial charge is 2.00 e. The zero-order valence-corrected chi connectivity index (χ0v) is 33.9. The normalized spacial score (nSPS) is 11.7. The zero-order chi connectivity index (χ0) is 35.2. The Morgan fingerprint density at radius 3 is 0.980 bits per heavy atom. The molecule has 264 valence electrons. The molecule has 0 N–H and O–H groups in total. The number of unbranched alkanes of at least 4 members (excludes halogenated alkanes) is 8. The number of rotatable bonds is 18. The molecule has 0 bridgehead atoms. The molecule has 4 aromatic carbocycles. The van der Waals surface area contributed by atoms with Crippen LogP contribution in [-0.2, 0) is 45.9 Å². The van der Waals surface area contributed by atoms with Crippen molar-refractivity contribution in [3.8, 4) is 0 Å². The van der Waals surface area contributed by atoms with Crippen molar-refractivity contribution in [2.24, 2.45) is 0 Å². The van der Waals surface area contributed by atoms with E-state index in [-0.39, 0.29) is 47.5 Å². The summed E-state index contributed by atoms with van der Waals surface area (Å²) in [6.07, 6.45) is 17.2. The Kier molecular flexibility index (Phi) is 19.4. The van der Waals surface area contributed by atoms with Gasteiger partial charge in [-0.25, -0.2) is 16.8 Å². The molecular weight excluding hydrogens is 681 g/mol. The molecule has 0 aliphatic carbocycles. The Morgan fingerprint density at radius 2 is 0.714 bits per heavy atom. The zero-order valence-electron chi connectivity index (χ0n) is 30.1. The van der Waals surface area contributed by atoms with E-state index in [1.807, 2.05) is 24.3 Å². The summed E-state index contributed by atoms with van der Waals surface area (Å²) in [5.41, 5.74) is 4.66. The van der Waals surface area contributed by atoms with Gasteiger partial charge in [-0.3, -0.25) is 0 Å². The molecule has 4 rings (SSSR count). The van der Waals surface area contributed by atoms with Crippen LogP contribution in [-0.4, -0.2) is 63.7 Å². The Hall–Kier alpha value is -1.52. The third kappa shape index (κ3) is 12.9. The number of aryl methyl sites for hydroxylation is 4. The van der Waals surface area contributed by atoms with Gasteiger partial charge in [0.1, 0.15) is 20.2 Å².